The number of benzene rings is 2. The fraction of sp³-hybridized carbons (Fsp3) is 0.222. The van der Waals surface area contributed by atoms with E-state index in [4.69, 9.17) is 0 Å². The number of carbonyl (C=O) groups excluding carboxylic acids is 1. The van der Waals surface area contributed by atoms with Crippen LogP contribution in [0.1, 0.15) is 46.9 Å². The number of anilines is 1. The van der Waals surface area contributed by atoms with E-state index in [1.54, 1.807) is 41.3 Å². The molecule has 1 amide bonds. The Bertz CT molecular complexity index is 1620. The normalized spacial score (nSPS) is 11.7. The van der Waals surface area contributed by atoms with Crippen molar-refractivity contribution in [3.63, 3.8) is 0 Å². The highest BCUT2D eigenvalue weighted by Crippen LogP contribution is 2.40. The van der Waals surface area contributed by atoms with Crippen molar-refractivity contribution in [2.45, 2.75) is 39.5 Å². The number of nitrogens with zero attached hydrogens (tertiary/aromatic N) is 6. The summed E-state index contributed by atoms with van der Waals surface area (Å²) in [5, 5.41) is 19.0. The van der Waals surface area contributed by atoms with Crippen LogP contribution < -0.4 is 5.32 Å². The van der Waals surface area contributed by atoms with Crippen LogP contribution in [0.25, 0.3) is 11.2 Å². The van der Waals surface area contributed by atoms with Gasteiger partial charge in [-0.15, -0.1) is 5.10 Å². The van der Waals surface area contributed by atoms with E-state index in [0.29, 0.717) is 17.8 Å². The molecule has 2 aromatic carbocycles. The molecule has 0 aliphatic heterocycles. The lowest BCUT2D eigenvalue weighted by Gasteiger charge is -2.30. The minimum absolute atomic E-state index is 0.0296. The molecular formula is C27H25F2N7O2. The van der Waals surface area contributed by atoms with Crippen molar-refractivity contribution in [2.75, 3.05) is 5.32 Å². The average Bonchev–Trinajstić information content (AvgIpc) is 3.52. The molecule has 0 aliphatic rings. The number of halogens is 2. The third kappa shape index (κ3) is 4.10. The number of hydrogen-bond donors (Lipinski definition) is 2. The van der Waals surface area contributed by atoms with E-state index in [1.165, 1.54) is 42.7 Å². The highest BCUT2D eigenvalue weighted by molar-refractivity contribution is 6.05. The van der Waals surface area contributed by atoms with Crippen LogP contribution in [0.5, 0.6) is 0 Å². The first-order valence-electron chi connectivity index (χ1n) is 12.1. The highest BCUT2D eigenvalue weighted by atomic mass is 19.1. The van der Waals surface area contributed by atoms with E-state index in [0.717, 1.165) is 0 Å². The number of pyridine rings is 1. The largest absolute Gasteiger partial charge is 0.373 e. The molecule has 38 heavy (non-hydrogen) atoms. The molecule has 2 N–H and O–H groups in total. The van der Waals surface area contributed by atoms with Crippen molar-refractivity contribution >= 4 is 23.0 Å². The van der Waals surface area contributed by atoms with E-state index in [9.17, 15) is 9.90 Å². The molecule has 5 aromatic rings. The minimum Gasteiger partial charge on any atom is -0.373 e. The van der Waals surface area contributed by atoms with Crippen molar-refractivity contribution in [1.82, 2.24) is 29.3 Å². The van der Waals surface area contributed by atoms with Crippen LogP contribution in [0.4, 0.5) is 14.7 Å². The van der Waals surface area contributed by atoms with Crippen LogP contribution in [0.3, 0.4) is 0 Å². The number of aromatic nitrogens is 6. The first-order chi connectivity index (χ1) is 18.3. The average molecular weight is 518 g/mol. The summed E-state index contributed by atoms with van der Waals surface area (Å²) in [6.45, 7) is 6.22. The van der Waals surface area contributed by atoms with E-state index >= 15 is 8.78 Å². The summed E-state index contributed by atoms with van der Waals surface area (Å²) < 4.78 is 33.5. The summed E-state index contributed by atoms with van der Waals surface area (Å²) in [6.07, 6.45) is 1.51. The Labute approximate surface area is 216 Å². The maximum Gasteiger partial charge on any atom is 0.259 e. The zero-order valence-corrected chi connectivity index (χ0v) is 21.0. The van der Waals surface area contributed by atoms with Crippen molar-refractivity contribution in [3.8, 4) is 0 Å². The quantitative estimate of drug-likeness (QED) is 0.335. The molecule has 194 valence electrons. The molecule has 9 nitrogen and oxygen atoms in total. The third-order valence-corrected chi connectivity index (χ3v) is 6.43. The summed E-state index contributed by atoms with van der Waals surface area (Å²) >= 11 is 0. The number of aliphatic hydroxyl groups is 1. The first-order valence-corrected chi connectivity index (χ1v) is 12.1. The van der Waals surface area contributed by atoms with Crippen LogP contribution >= 0.6 is 0 Å². The maximum atomic E-state index is 15.1. The molecule has 0 fully saturated rings. The van der Waals surface area contributed by atoms with E-state index in [1.807, 2.05) is 6.92 Å². The molecular weight excluding hydrogens is 492 g/mol. The highest BCUT2D eigenvalue weighted by Gasteiger charge is 2.43. The Morgan fingerprint density at radius 1 is 1.00 bits per heavy atom. The Hall–Kier alpha value is -4.51. The van der Waals surface area contributed by atoms with Crippen molar-refractivity contribution in [3.05, 3.63) is 101 Å². The first kappa shape index (κ1) is 25.2. The summed E-state index contributed by atoms with van der Waals surface area (Å²) in [7, 11) is 0. The number of nitrogens with one attached hydrogen (secondary N) is 1. The van der Waals surface area contributed by atoms with Gasteiger partial charge in [0.1, 0.15) is 18.0 Å². The van der Waals surface area contributed by atoms with Crippen molar-refractivity contribution in [1.29, 1.82) is 0 Å². The van der Waals surface area contributed by atoms with Gasteiger partial charge in [-0.1, -0.05) is 36.4 Å². The van der Waals surface area contributed by atoms with Gasteiger partial charge in [-0.05, 0) is 39.0 Å². The number of imidazole rings is 1. The number of hydrogen-bond acceptors (Lipinski definition) is 6. The van der Waals surface area contributed by atoms with Gasteiger partial charge >= 0.3 is 0 Å². The smallest absolute Gasteiger partial charge is 0.259 e. The molecule has 3 heterocycles. The van der Waals surface area contributed by atoms with Crippen LogP contribution in [0.15, 0.2) is 60.9 Å². The standard InChI is InChI=1S/C27H25F2N7O2/c1-4-35-15-30-26(34-35)33-24(37)17-14-22-23(31-16(17)3)32-25(36(22)5-2)27(38,18-10-6-8-12-20(18)28)19-11-7-9-13-21(19)29/h6-15,38H,4-5H2,1-3H3,(H,33,34,37). The molecule has 0 unspecified atom stereocenters. The van der Waals surface area contributed by atoms with E-state index in [2.05, 4.69) is 25.4 Å². The van der Waals surface area contributed by atoms with Crippen LogP contribution in [0, 0.1) is 18.6 Å². The minimum atomic E-state index is -2.29. The van der Waals surface area contributed by atoms with Gasteiger partial charge in [0.2, 0.25) is 5.95 Å². The molecule has 0 bridgehead atoms. The predicted octanol–water partition coefficient (Wildman–Crippen LogP) is 4.19. The van der Waals surface area contributed by atoms with Crippen LogP contribution in [-0.2, 0) is 18.7 Å². The van der Waals surface area contributed by atoms with Crippen molar-refractivity contribution in [2.24, 2.45) is 0 Å². The Morgan fingerprint density at radius 3 is 2.18 bits per heavy atom. The van der Waals surface area contributed by atoms with Gasteiger partial charge in [0, 0.05) is 24.2 Å². The van der Waals surface area contributed by atoms with Gasteiger partial charge in [0.05, 0.1) is 16.8 Å². The molecule has 11 heteroatoms. The molecule has 0 aliphatic carbocycles. The van der Waals surface area contributed by atoms with Gasteiger partial charge < -0.3 is 9.67 Å². The zero-order valence-electron chi connectivity index (χ0n) is 21.0. The Balaban J connectivity index is 1.70. The Kier molecular flexibility index (Phi) is 6.45. The van der Waals surface area contributed by atoms with Gasteiger partial charge in [-0.2, -0.15) is 0 Å². The second kappa shape index (κ2) is 9.75. The second-order valence-electron chi connectivity index (χ2n) is 8.69. The number of rotatable bonds is 7. The molecule has 0 saturated heterocycles. The van der Waals surface area contributed by atoms with E-state index < -0.39 is 23.1 Å². The second-order valence-corrected chi connectivity index (χ2v) is 8.69. The lowest BCUT2D eigenvalue weighted by atomic mass is 9.84. The molecule has 0 saturated carbocycles. The van der Waals surface area contributed by atoms with Crippen LogP contribution in [-0.4, -0.2) is 40.3 Å². The summed E-state index contributed by atoms with van der Waals surface area (Å²) in [5.41, 5.74) is -1.37. The summed E-state index contributed by atoms with van der Waals surface area (Å²) in [6, 6.07) is 12.8. The number of fused-ring (bicyclic) bond motifs is 1. The maximum absolute atomic E-state index is 15.1. The lowest BCUT2D eigenvalue weighted by molar-refractivity contribution is 0.102. The topological polar surface area (TPSA) is 111 Å². The van der Waals surface area contributed by atoms with Crippen LogP contribution in [0.2, 0.25) is 0 Å². The molecule has 5 rings (SSSR count). The van der Waals surface area contributed by atoms with Crippen molar-refractivity contribution < 1.29 is 18.7 Å². The van der Waals surface area contributed by atoms with Gasteiger partial charge in [-0.3, -0.25) is 14.8 Å². The molecule has 0 radical (unpaired) electrons. The third-order valence-electron chi connectivity index (χ3n) is 6.43. The monoisotopic (exact) mass is 517 g/mol. The van der Waals surface area contributed by atoms with Gasteiger partial charge in [0.15, 0.2) is 17.1 Å². The Morgan fingerprint density at radius 2 is 1.63 bits per heavy atom. The lowest BCUT2D eigenvalue weighted by Crippen LogP contribution is -2.34. The van der Waals surface area contributed by atoms with E-state index in [-0.39, 0.29) is 40.7 Å². The number of aryl methyl sites for hydroxylation is 3. The SMILES string of the molecule is CCn1cnc(NC(=O)c2cc3c(nc2C)nc(C(O)(c2ccccc2F)c2ccccc2F)n3CC)n1. The molecule has 0 atom stereocenters. The summed E-state index contributed by atoms with van der Waals surface area (Å²) in [5.74, 6) is -1.81. The zero-order chi connectivity index (χ0) is 27.0. The fourth-order valence-electron chi connectivity index (χ4n) is 4.53. The fourth-order valence-corrected chi connectivity index (χ4v) is 4.53. The number of carbonyl (C=O) groups is 1. The van der Waals surface area contributed by atoms with Gasteiger partial charge in [-0.25, -0.2) is 23.7 Å². The predicted molar refractivity (Wildman–Crippen MR) is 136 cm³/mol. The molecule has 3 aromatic heterocycles. The number of amides is 1. The molecule has 0 spiro atoms. The summed E-state index contributed by atoms with van der Waals surface area (Å²) in [4.78, 5) is 26.2. The van der Waals surface area contributed by atoms with Gasteiger partial charge in [0.25, 0.3) is 5.91 Å².